The molecule has 0 amide bonds. The summed E-state index contributed by atoms with van der Waals surface area (Å²) >= 11 is 4.20. The molecule has 90 valence electrons. The van der Waals surface area contributed by atoms with Crippen molar-refractivity contribution in [1.29, 1.82) is 0 Å². The molecule has 1 unspecified atom stereocenters. The van der Waals surface area contributed by atoms with Gasteiger partial charge in [0.1, 0.15) is 0 Å². The fourth-order valence-corrected chi connectivity index (χ4v) is 2.28. The van der Waals surface area contributed by atoms with Gasteiger partial charge in [-0.25, -0.2) is 0 Å². The van der Waals surface area contributed by atoms with Gasteiger partial charge in [0.25, 0.3) is 0 Å². The minimum atomic E-state index is 0.322. The van der Waals surface area contributed by atoms with Crippen LogP contribution >= 0.6 is 12.6 Å². The molecule has 1 aromatic rings. The first-order chi connectivity index (χ1) is 7.65. The van der Waals surface area contributed by atoms with Gasteiger partial charge in [-0.2, -0.15) is 12.6 Å². The summed E-state index contributed by atoms with van der Waals surface area (Å²) in [6, 6.07) is 6.87. The van der Waals surface area contributed by atoms with Crippen molar-refractivity contribution in [1.82, 2.24) is 0 Å². The van der Waals surface area contributed by atoms with E-state index in [2.05, 4.69) is 44.7 Å². The predicted molar refractivity (Wildman–Crippen MR) is 75.3 cm³/mol. The van der Waals surface area contributed by atoms with Crippen LogP contribution in [0, 0.1) is 13.8 Å². The topological polar surface area (TPSA) is 26.0 Å². The van der Waals surface area contributed by atoms with Gasteiger partial charge in [0.2, 0.25) is 0 Å². The van der Waals surface area contributed by atoms with Crippen molar-refractivity contribution in [3.05, 3.63) is 34.9 Å². The monoisotopic (exact) mass is 237 g/mol. The Kier molecular flexibility index (Phi) is 5.93. The third-order valence-electron chi connectivity index (χ3n) is 3.24. The second kappa shape index (κ2) is 6.97. The zero-order valence-electron chi connectivity index (χ0n) is 10.4. The molecule has 0 bridgehead atoms. The van der Waals surface area contributed by atoms with Crippen molar-refractivity contribution in [3.8, 4) is 0 Å². The lowest BCUT2D eigenvalue weighted by molar-refractivity contribution is 0.571. The summed E-state index contributed by atoms with van der Waals surface area (Å²) < 4.78 is 0. The van der Waals surface area contributed by atoms with Crippen molar-refractivity contribution in [2.24, 2.45) is 5.73 Å². The van der Waals surface area contributed by atoms with Crippen LogP contribution in [0.25, 0.3) is 0 Å². The number of hydrogen-bond donors (Lipinski definition) is 2. The fourth-order valence-electron chi connectivity index (χ4n) is 1.95. The maximum atomic E-state index is 5.97. The van der Waals surface area contributed by atoms with E-state index < -0.39 is 0 Å². The highest BCUT2D eigenvalue weighted by Gasteiger charge is 2.03. The van der Waals surface area contributed by atoms with Crippen LogP contribution < -0.4 is 5.73 Å². The Morgan fingerprint density at radius 1 is 1.25 bits per heavy atom. The maximum absolute atomic E-state index is 5.97. The molecular weight excluding hydrogens is 214 g/mol. The average molecular weight is 237 g/mol. The summed E-state index contributed by atoms with van der Waals surface area (Å²) in [5.41, 5.74) is 10.3. The van der Waals surface area contributed by atoms with Crippen LogP contribution in [0.2, 0.25) is 0 Å². The van der Waals surface area contributed by atoms with Crippen LogP contribution in [-0.2, 0) is 6.42 Å². The van der Waals surface area contributed by atoms with E-state index in [9.17, 15) is 0 Å². The Hall–Kier alpha value is -0.470. The Balaban J connectivity index is 2.40. The molecule has 0 aliphatic rings. The van der Waals surface area contributed by atoms with E-state index >= 15 is 0 Å². The van der Waals surface area contributed by atoms with Crippen LogP contribution in [0.4, 0.5) is 0 Å². The number of benzene rings is 1. The SMILES string of the molecule is Cc1cccc(CCCC(N)CCS)c1C. The van der Waals surface area contributed by atoms with E-state index in [1.807, 2.05) is 0 Å². The van der Waals surface area contributed by atoms with Gasteiger partial charge in [0.15, 0.2) is 0 Å². The zero-order chi connectivity index (χ0) is 12.0. The molecule has 1 nitrogen and oxygen atoms in total. The molecule has 1 aromatic carbocycles. The second-order valence-corrected chi connectivity index (χ2v) is 4.97. The van der Waals surface area contributed by atoms with E-state index in [-0.39, 0.29) is 0 Å². The number of thiol groups is 1. The molecule has 0 aromatic heterocycles. The van der Waals surface area contributed by atoms with E-state index in [1.54, 1.807) is 0 Å². The minimum absolute atomic E-state index is 0.322. The molecule has 0 heterocycles. The second-order valence-electron chi connectivity index (χ2n) is 4.52. The highest BCUT2D eigenvalue weighted by Crippen LogP contribution is 2.15. The molecule has 0 saturated heterocycles. The third-order valence-corrected chi connectivity index (χ3v) is 3.50. The van der Waals surface area contributed by atoms with Crippen LogP contribution in [0.15, 0.2) is 18.2 Å². The number of hydrogen-bond acceptors (Lipinski definition) is 2. The van der Waals surface area contributed by atoms with Gasteiger partial charge in [0, 0.05) is 6.04 Å². The average Bonchev–Trinajstić information content (AvgIpc) is 2.25. The molecule has 0 saturated carbocycles. The smallest absolute Gasteiger partial charge is 0.00467 e. The minimum Gasteiger partial charge on any atom is -0.328 e. The van der Waals surface area contributed by atoms with Gasteiger partial charge >= 0.3 is 0 Å². The largest absolute Gasteiger partial charge is 0.328 e. The van der Waals surface area contributed by atoms with Crippen molar-refractivity contribution >= 4 is 12.6 Å². The van der Waals surface area contributed by atoms with E-state index in [1.165, 1.54) is 23.1 Å². The maximum Gasteiger partial charge on any atom is 0.00467 e. The molecule has 2 N–H and O–H groups in total. The molecule has 0 aliphatic heterocycles. The van der Waals surface area contributed by atoms with E-state index in [0.717, 1.165) is 25.0 Å². The third kappa shape index (κ3) is 4.18. The van der Waals surface area contributed by atoms with Gasteiger partial charge in [-0.15, -0.1) is 0 Å². The Morgan fingerprint density at radius 2 is 2.00 bits per heavy atom. The summed E-state index contributed by atoms with van der Waals surface area (Å²) in [5, 5.41) is 0. The standard InChI is InChI=1S/C14H23NS/c1-11-5-3-6-13(12(11)2)7-4-8-14(15)9-10-16/h3,5-6,14,16H,4,7-10,15H2,1-2H3. The highest BCUT2D eigenvalue weighted by atomic mass is 32.1. The van der Waals surface area contributed by atoms with Crippen LogP contribution in [0.3, 0.4) is 0 Å². The molecule has 1 atom stereocenters. The molecule has 16 heavy (non-hydrogen) atoms. The summed E-state index contributed by atoms with van der Waals surface area (Å²) in [5.74, 6) is 0.893. The first-order valence-corrected chi connectivity index (χ1v) is 6.70. The summed E-state index contributed by atoms with van der Waals surface area (Å²) in [6.07, 6.45) is 4.46. The predicted octanol–water partition coefficient (Wildman–Crippen LogP) is 3.27. The van der Waals surface area contributed by atoms with Crippen LogP contribution in [-0.4, -0.2) is 11.8 Å². The van der Waals surface area contributed by atoms with Gasteiger partial charge in [0.05, 0.1) is 0 Å². The van der Waals surface area contributed by atoms with Crippen molar-refractivity contribution in [2.75, 3.05) is 5.75 Å². The van der Waals surface area contributed by atoms with Crippen molar-refractivity contribution in [2.45, 2.75) is 45.6 Å². The van der Waals surface area contributed by atoms with Gasteiger partial charge in [-0.1, -0.05) is 18.2 Å². The number of rotatable bonds is 6. The normalized spacial score (nSPS) is 12.8. The molecule has 0 radical (unpaired) electrons. The summed E-state index contributed by atoms with van der Waals surface area (Å²) in [7, 11) is 0. The molecular formula is C14H23NS. The Bertz CT molecular complexity index is 323. The summed E-state index contributed by atoms with van der Waals surface area (Å²) in [4.78, 5) is 0. The number of aryl methyl sites for hydroxylation is 2. The number of nitrogens with two attached hydrogens (primary N) is 1. The van der Waals surface area contributed by atoms with Crippen molar-refractivity contribution < 1.29 is 0 Å². The van der Waals surface area contributed by atoms with Gasteiger partial charge in [-0.05, 0) is 62.0 Å². The van der Waals surface area contributed by atoms with Crippen LogP contribution in [0.5, 0.6) is 0 Å². The molecule has 1 rings (SSSR count). The lowest BCUT2D eigenvalue weighted by atomic mass is 9.97. The molecule has 0 aliphatic carbocycles. The first kappa shape index (κ1) is 13.6. The molecule has 0 spiro atoms. The summed E-state index contributed by atoms with van der Waals surface area (Å²) in [6.45, 7) is 4.38. The Morgan fingerprint density at radius 3 is 2.69 bits per heavy atom. The quantitative estimate of drug-likeness (QED) is 0.730. The van der Waals surface area contributed by atoms with Crippen molar-refractivity contribution in [3.63, 3.8) is 0 Å². The van der Waals surface area contributed by atoms with Gasteiger partial charge in [-0.3, -0.25) is 0 Å². The fraction of sp³-hybridized carbons (Fsp3) is 0.571. The lowest BCUT2D eigenvalue weighted by Gasteiger charge is -2.11. The molecule has 0 fully saturated rings. The van der Waals surface area contributed by atoms with E-state index in [0.29, 0.717) is 6.04 Å². The lowest BCUT2D eigenvalue weighted by Crippen LogP contribution is -2.20. The van der Waals surface area contributed by atoms with Gasteiger partial charge < -0.3 is 5.73 Å². The first-order valence-electron chi connectivity index (χ1n) is 6.06. The molecule has 2 heteroatoms. The van der Waals surface area contributed by atoms with Crippen LogP contribution in [0.1, 0.15) is 36.0 Å². The highest BCUT2D eigenvalue weighted by molar-refractivity contribution is 7.80. The Labute approximate surface area is 105 Å². The van der Waals surface area contributed by atoms with E-state index in [4.69, 9.17) is 5.73 Å². The zero-order valence-corrected chi connectivity index (χ0v) is 11.3.